The van der Waals surface area contributed by atoms with E-state index in [1.54, 1.807) is 0 Å². The zero-order valence-electron chi connectivity index (χ0n) is 19.0. The van der Waals surface area contributed by atoms with Gasteiger partial charge in [-0.25, -0.2) is 0 Å². The topological polar surface area (TPSA) is 13.1 Å². The van der Waals surface area contributed by atoms with Crippen molar-refractivity contribution in [2.75, 3.05) is 0 Å². The molecule has 7 aromatic carbocycles. The second kappa shape index (κ2) is 6.94. The van der Waals surface area contributed by atoms with Crippen LogP contribution in [-0.4, -0.2) is 0 Å². The molecule has 0 saturated heterocycles. The highest BCUT2D eigenvalue weighted by molar-refractivity contribution is 6.25. The van der Waals surface area contributed by atoms with Crippen LogP contribution >= 0.6 is 0 Å². The summed E-state index contributed by atoms with van der Waals surface area (Å²) < 4.78 is 6.50. The van der Waals surface area contributed by atoms with Gasteiger partial charge in [-0.1, -0.05) is 103 Å². The summed E-state index contributed by atoms with van der Waals surface area (Å²) in [6, 6.07) is 43.6. The average molecular weight is 445 g/mol. The number of furan rings is 1. The Bertz CT molecular complexity index is 2110. The average Bonchev–Trinajstić information content (AvgIpc) is 3.32. The highest BCUT2D eigenvalue weighted by Crippen LogP contribution is 2.43. The van der Waals surface area contributed by atoms with Crippen molar-refractivity contribution in [3.63, 3.8) is 0 Å². The van der Waals surface area contributed by atoms with Gasteiger partial charge in [-0.3, -0.25) is 0 Å². The van der Waals surface area contributed by atoms with Crippen molar-refractivity contribution in [2.45, 2.75) is 0 Å². The third-order valence-electron chi connectivity index (χ3n) is 7.44. The number of rotatable bonds is 1. The van der Waals surface area contributed by atoms with Crippen LogP contribution in [0, 0.1) is 0 Å². The van der Waals surface area contributed by atoms with E-state index in [1.807, 2.05) is 0 Å². The molecule has 8 rings (SSSR count). The maximum Gasteiger partial charge on any atom is 0.143 e. The first-order chi connectivity index (χ1) is 17.4. The summed E-state index contributed by atoms with van der Waals surface area (Å²) in [5, 5.41) is 12.4. The monoisotopic (exact) mass is 444 g/mol. The summed E-state index contributed by atoms with van der Waals surface area (Å²) >= 11 is 0. The first-order valence-corrected chi connectivity index (χ1v) is 12.0. The summed E-state index contributed by atoms with van der Waals surface area (Å²) in [6.45, 7) is 0. The number of hydrogen-bond acceptors (Lipinski definition) is 1. The Balaban J connectivity index is 1.57. The van der Waals surface area contributed by atoms with E-state index in [2.05, 4.69) is 121 Å². The van der Waals surface area contributed by atoms with Crippen LogP contribution in [0.5, 0.6) is 0 Å². The summed E-state index contributed by atoms with van der Waals surface area (Å²) in [6.07, 6.45) is 0. The number of hydrogen-bond donors (Lipinski definition) is 0. The summed E-state index contributed by atoms with van der Waals surface area (Å²) in [7, 11) is 0. The van der Waals surface area contributed by atoms with Crippen LogP contribution < -0.4 is 0 Å². The Morgan fingerprint density at radius 3 is 1.83 bits per heavy atom. The highest BCUT2D eigenvalue weighted by atomic mass is 16.3. The molecule has 0 saturated carbocycles. The van der Waals surface area contributed by atoms with Gasteiger partial charge in [0.2, 0.25) is 0 Å². The van der Waals surface area contributed by atoms with Crippen molar-refractivity contribution in [3.8, 4) is 11.1 Å². The molecule has 0 atom stereocenters. The fourth-order valence-corrected chi connectivity index (χ4v) is 5.86. The van der Waals surface area contributed by atoms with E-state index < -0.39 is 0 Å². The van der Waals surface area contributed by atoms with E-state index in [0.29, 0.717) is 0 Å². The minimum atomic E-state index is 0.927. The van der Waals surface area contributed by atoms with Gasteiger partial charge in [0, 0.05) is 16.2 Å². The third kappa shape index (κ3) is 2.58. The molecule has 0 aliphatic heterocycles. The number of fused-ring (bicyclic) bond motifs is 10. The minimum Gasteiger partial charge on any atom is -0.455 e. The fourth-order valence-electron chi connectivity index (χ4n) is 5.86. The molecule has 0 aliphatic carbocycles. The van der Waals surface area contributed by atoms with Gasteiger partial charge in [-0.05, 0) is 67.0 Å². The van der Waals surface area contributed by atoms with Crippen LogP contribution in [0.1, 0.15) is 0 Å². The van der Waals surface area contributed by atoms with Crippen molar-refractivity contribution in [3.05, 3.63) is 121 Å². The molecule has 8 aromatic rings. The largest absolute Gasteiger partial charge is 0.455 e. The van der Waals surface area contributed by atoms with Gasteiger partial charge in [-0.15, -0.1) is 0 Å². The molecule has 0 fully saturated rings. The molecule has 0 bridgehead atoms. The van der Waals surface area contributed by atoms with E-state index in [0.717, 1.165) is 21.9 Å². The Labute approximate surface area is 201 Å². The standard InChI is InChI=1S/C34H20O/c1-3-10-23-21(8-1)16-18-27-25-12-5-6-13-26(25)31(20-30(23)27)28-14-7-15-32-33(28)29-19-17-22-9-2-4-11-24(22)34(29)35-32/h1-20H. The molecule has 0 radical (unpaired) electrons. The van der Waals surface area contributed by atoms with Gasteiger partial charge in [0.1, 0.15) is 11.2 Å². The Kier molecular flexibility index (Phi) is 3.72. The quantitative estimate of drug-likeness (QED) is 0.230. The molecular formula is C34H20O. The molecule has 0 amide bonds. The van der Waals surface area contributed by atoms with E-state index in [-0.39, 0.29) is 0 Å². The lowest BCUT2D eigenvalue weighted by Crippen LogP contribution is -1.87. The van der Waals surface area contributed by atoms with Crippen LogP contribution in [0.3, 0.4) is 0 Å². The van der Waals surface area contributed by atoms with E-state index in [9.17, 15) is 0 Å². The van der Waals surface area contributed by atoms with E-state index in [4.69, 9.17) is 4.42 Å². The normalized spacial score (nSPS) is 12.0. The van der Waals surface area contributed by atoms with Gasteiger partial charge in [0.25, 0.3) is 0 Å². The van der Waals surface area contributed by atoms with Crippen LogP contribution in [0.2, 0.25) is 0 Å². The molecule has 1 nitrogen and oxygen atoms in total. The molecule has 1 heteroatoms. The zero-order valence-corrected chi connectivity index (χ0v) is 19.0. The first-order valence-electron chi connectivity index (χ1n) is 12.0. The van der Waals surface area contributed by atoms with Crippen LogP contribution in [-0.2, 0) is 0 Å². The Morgan fingerprint density at radius 2 is 1.00 bits per heavy atom. The lowest BCUT2D eigenvalue weighted by atomic mass is 9.89. The Morgan fingerprint density at radius 1 is 0.371 bits per heavy atom. The molecule has 0 aliphatic rings. The van der Waals surface area contributed by atoms with Gasteiger partial charge in [0.15, 0.2) is 0 Å². The van der Waals surface area contributed by atoms with Crippen molar-refractivity contribution in [2.24, 2.45) is 0 Å². The van der Waals surface area contributed by atoms with Crippen molar-refractivity contribution in [1.82, 2.24) is 0 Å². The van der Waals surface area contributed by atoms with E-state index >= 15 is 0 Å². The predicted octanol–water partition coefficient (Wildman–Crippen LogP) is 9.87. The summed E-state index contributed by atoms with van der Waals surface area (Å²) in [5.41, 5.74) is 4.34. The molecule has 1 aromatic heterocycles. The molecule has 162 valence electrons. The van der Waals surface area contributed by atoms with Gasteiger partial charge < -0.3 is 4.42 Å². The predicted molar refractivity (Wildman–Crippen MR) is 149 cm³/mol. The lowest BCUT2D eigenvalue weighted by Gasteiger charge is -2.14. The van der Waals surface area contributed by atoms with Crippen molar-refractivity contribution in [1.29, 1.82) is 0 Å². The minimum absolute atomic E-state index is 0.927. The summed E-state index contributed by atoms with van der Waals surface area (Å²) in [4.78, 5) is 0. The maximum atomic E-state index is 6.50. The lowest BCUT2D eigenvalue weighted by molar-refractivity contribution is 0.673. The molecular weight excluding hydrogens is 424 g/mol. The van der Waals surface area contributed by atoms with Gasteiger partial charge in [0.05, 0.1) is 0 Å². The van der Waals surface area contributed by atoms with Crippen LogP contribution in [0.15, 0.2) is 126 Å². The summed E-state index contributed by atoms with van der Waals surface area (Å²) in [5.74, 6) is 0. The zero-order chi connectivity index (χ0) is 22.9. The molecule has 0 spiro atoms. The first kappa shape index (κ1) is 18.8. The third-order valence-corrected chi connectivity index (χ3v) is 7.44. The molecule has 0 unspecified atom stereocenters. The van der Waals surface area contributed by atoms with E-state index in [1.165, 1.54) is 54.2 Å². The maximum absolute atomic E-state index is 6.50. The van der Waals surface area contributed by atoms with Crippen molar-refractivity contribution < 1.29 is 4.42 Å². The smallest absolute Gasteiger partial charge is 0.143 e. The SMILES string of the molecule is c1ccc2c(c1)ccc1c3ccccc3c(-c3cccc4oc5c6ccccc6ccc5c34)cc21. The fraction of sp³-hybridized carbons (Fsp3) is 0. The second-order valence-electron chi connectivity index (χ2n) is 9.30. The Hall–Kier alpha value is -4.62. The van der Waals surface area contributed by atoms with Crippen molar-refractivity contribution >= 4 is 65.0 Å². The van der Waals surface area contributed by atoms with Gasteiger partial charge in [-0.2, -0.15) is 0 Å². The molecule has 0 N–H and O–H groups in total. The number of benzene rings is 7. The van der Waals surface area contributed by atoms with Crippen LogP contribution in [0.25, 0.3) is 76.2 Å². The van der Waals surface area contributed by atoms with Crippen LogP contribution in [0.4, 0.5) is 0 Å². The second-order valence-corrected chi connectivity index (χ2v) is 9.30. The molecule has 1 heterocycles. The molecule has 35 heavy (non-hydrogen) atoms. The highest BCUT2D eigenvalue weighted by Gasteiger charge is 2.17. The van der Waals surface area contributed by atoms with Gasteiger partial charge >= 0.3 is 0 Å².